The fourth-order valence-electron chi connectivity index (χ4n) is 4.19. The second-order valence-electron chi connectivity index (χ2n) is 9.11. The molecule has 0 saturated carbocycles. The average molecular weight is 517 g/mol. The number of pyridine rings is 1. The first kappa shape index (κ1) is 25.1. The number of benzene rings is 2. The van der Waals surface area contributed by atoms with E-state index in [-0.39, 0.29) is 11.7 Å². The minimum Gasteiger partial charge on any atom is -0.324 e. The van der Waals surface area contributed by atoms with Crippen molar-refractivity contribution in [2.45, 2.75) is 49.8 Å². The Kier molecular flexibility index (Phi) is 7.62. The molecule has 37 heavy (non-hydrogen) atoms. The number of thioether (sulfide) groups is 1. The monoisotopic (exact) mass is 516 g/mol. The van der Waals surface area contributed by atoms with Crippen molar-refractivity contribution in [3.63, 3.8) is 0 Å². The molecule has 7 nitrogen and oxygen atoms in total. The van der Waals surface area contributed by atoms with Gasteiger partial charge < -0.3 is 15.2 Å². The summed E-state index contributed by atoms with van der Waals surface area (Å²) in [6.45, 7) is 5.51. The zero-order valence-corrected chi connectivity index (χ0v) is 21.6. The highest BCUT2D eigenvalue weighted by Crippen LogP contribution is 2.30. The number of aromatic nitrogens is 3. The average Bonchev–Trinajstić information content (AvgIpc) is 3.29. The number of carbonyl (C=O) groups excluding carboxylic acids is 1. The molecular weight excluding hydrogens is 487 g/mol. The van der Waals surface area contributed by atoms with Crippen LogP contribution in [0, 0.1) is 12.7 Å². The van der Waals surface area contributed by atoms with Crippen molar-refractivity contribution in [1.29, 1.82) is 0 Å². The fourth-order valence-corrected chi connectivity index (χ4v) is 4.99. The van der Waals surface area contributed by atoms with Gasteiger partial charge in [0, 0.05) is 30.4 Å². The molecule has 5 rings (SSSR count). The van der Waals surface area contributed by atoms with E-state index in [4.69, 9.17) is 4.98 Å². The zero-order valence-electron chi connectivity index (χ0n) is 20.8. The van der Waals surface area contributed by atoms with Crippen molar-refractivity contribution in [2.75, 3.05) is 11.9 Å². The topological polar surface area (TPSA) is 84.2 Å². The summed E-state index contributed by atoms with van der Waals surface area (Å²) in [4.78, 5) is 27.0. The maximum Gasteiger partial charge on any atom is 0.247 e. The van der Waals surface area contributed by atoms with E-state index in [2.05, 4.69) is 26.7 Å². The van der Waals surface area contributed by atoms with Gasteiger partial charge in [-0.3, -0.25) is 9.79 Å². The number of anilines is 1. The predicted molar refractivity (Wildman–Crippen MR) is 146 cm³/mol. The Bertz CT molecular complexity index is 1390. The van der Waals surface area contributed by atoms with Crippen LogP contribution >= 0.6 is 11.8 Å². The zero-order chi connectivity index (χ0) is 25.8. The standard InChI is InChI=1S/C28H29FN6OS/c1-3-25(27(36)32-24-13-20(7-6-18(24)2)14-31-22-15-30-16-22)35-12-4-5-23-26(35)34-28(33-23)37-17-19-8-10-21(29)11-9-19/h4-13,15,22,25,31H,3,14,16-17H2,1-2H3,(H,32,36). The second kappa shape index (κ2) is 11.2. The van der Waals surface area contributed by atoms with Gasteiger partial charge in [-0.05, 0) is 60.4 Å². The van der Waals surface area contributed by atoms with Crippen LogP contribution in [0.2, 0.25) is 0 Å². The van der Waals surface area contributed by atoms with Gasteiger partial charge in [0.25, 0.3) is 0 Å². The molecule has 0 saturated heterocycles. The molecule has 0 spiro atoms. The molecule has 0 fully saturated rings. The van der Waals surface area contributed by atoms with Crippen LogP contribution in [0.25, 0.3) is 11.5 Å². The summed E-state index contributed by atoms with van der Waals surface area (Å²) in [7, 11) is 0. The molecule has 2 unspecified atom stereocenters. The van der Waals surface area contributed by atoms with Crippen LogP contribution in [-0.4, -0.2) is 39.2 Å². The molecule has 190 valence electrons. The number of hydrogen-bond acceptors (Lipinski definition) is 6. The lowest BCUT2D eigenvalue weighted by Crippen LogP contribution is -2.38. The Morgan fingerprint density at radius 2 is 1.95 bits per heavy atom. The SMILES string of the molecule is CCC(C(=O)Nc1cc(CNC2C=NC2)ccc1C)n1cccc2nc(SCc3ccc(F)cc3)nc1-2. The number of nitrogens with one attached hydrogen (secondary N) is 2. The number of nitrogens with zero attached hydrogens (tertiary/aromatic N) is 4. The lowest BCUT2D eigenvalue weighted by molar-refractivity contribution is -0.119. The number of fused-ring (bicyclic) bond motifs is 1. The van der Waals surface area contributed by atoms with E-state index in [1.807, 2.05) is 55.1 Å². The number of aliphatic imine (C=N–C) groups is 1. The summed E-state index contributed by atoms with van der Waals surface area (Å²) in [6.07, 6.45) is 4.40. The van der Waals surface area contributed by atoms with Crippen LogP contribution in [0.3, 0.4) is 0 Å². The third-order valence-electron chi connectivity index (χ3n) is 6.41. The summed E-state index contributed by atoms with van der Waals surface area (Å²) in [5, 5.41) is 7.21. The quantitative estimate of drug-likeness (QED) is 0.281. The van der Waals surface area contributed by atoms with E-state index in [1.54, 1.807) is 12.1 Å². The molecule has 2 aromatic rings. The highest BCUT2D eigenvalue weighted by atomic mass is 32.2. The van der Waals surface area contributed by atoms with Crippen LogP contribution in [-0.2, 0) is 17.1 Å². The third-order valence-corrected chi connectivity index (χ3v) is 7.33. The van der Waals surface area contributed by atoms with Crippen molar-refractivity contribution < 1.29 is 9.18 Å². The summed E-state index contributed by atoms with van der Waals surface area (Å²) >= 11 is 1.49. The molecule has 3 heterocycles. The Morgan fingerprint density at radius 3 is 2.68 bits per heavy atom. The molecule has 0 radical (unpaired) electrons. The van der Waals surface area contributed by atoms with Gasteiger partial charge in [-0.15, -0.1) is 0 Å². The van der Waals surface area contributed by atoms with Gasteiger partial charge in [0.05, 0.1) is 12.6 Å². The molecular formula is C28H29FN6OS. The molecule has 0 bridgehead atoms. The first-order valence-electron chi connectivity index (χ1n) is 12.4. The van der Waals surface area contributed by atoms with E-state index in [1.165, 1.54) is 23.9 Å². The van der Waals surface area contributed by atoms with E-state index in [0.29, 0.717) is 35.7 Å². The van der Waals surface area contributed by atoms with Crippen molar-refractivity contribution in [3.05, 3.63) is 83.3 Å². The second-order valence-corrected chi connectivity index (χ2v) is 10.1. The van der Waals surface area contributed by atoms with Gasteiger partial charge in [0.15, 0.2) is 11.0 Å². The highest BCUT2D eigenvalue weighted by molar-refractivity contribution is 7.98. The number of amides is 1. The van der Waals surface area contributed by atoms with Crippen LogP contribution in [0.5, 0.6) is 0 Å². The first-order chi connectivity index (χ1) is 18.0. The van der Waals surface area contributed by atoms with Gasteiger partial charge in [-0.2, -0.15) is 0 Å². The van der Waals surface area contributed by atoms with Gasteiger partial charge in [0.2, 0.25) is 5.91 Å². The normalized spacial score (nSPS) is 15.5. The molecule has 0 aromatic heterocycles. The molecule has 2 atom stereocenters. The third kappa shape index (κ3) is 5.89. The van der Waals surface area contributed by atoms with Crippen molar-refractivity contribution in [1.82, 2.24) is 19.9 Å². The van der Waals surface area contributed by atoms with Gasteiger partial charge in [-0.25, -0.2) is 14.4 Å². The summed E-state index contributed by atoms with van der Waals surface area (Å²) in [5.41, 5.74) is 4.65. The highest BCUT2D eigenvalue weighted by Gasteiger charge is 2.24. The Hall–Kier alpha value is -3.56. The Morgan fingerprint density at radius 1 is 1.16 bits per heavy atom. The number of carbonyl (C=O) groups is 1. The summed E-state index contributed by atoms with van der Waals surface area (Å²) in [5.74, 6) is 0.953. The number of hydrogen-bond donors (Lipinski definition) is 2. The minimum atomic E-state index is -0.442. The fraction of sp³-hybridized carbons (Fsp3) is 0.286. The number of halogens is 1. The van der Waals surface area contributed by atoms with Crippen molar-refractivity contribution in [2.24, 2.45) is 4.99 Å². The lowest BCUT2D eigenvalue weighted by atomic mass is 10.1. The minimum absolute atomic E-state index is 0.0946. The number of aryl methyl sites for hydroxylation is 1. The number of imidazole rings is 1. The molecule has 2 N–H and O–H groups in total. The molecule has 0 aliphatic carbocycles. The van der Waals surface area contributed by atoms with Crippen LogP contribution in [0.1, 0.15) is 36.1 Å². The Labute approximate surface area is 220 Å². The smallest absolute Gasteiger partial charge is 0.247 e. The maximum absolute atomic E-state index is 13.5. The predicted octanol–water partition coefficient (Wildman–Crippen LogP) is 5.26. The molecule has 3 aliphatic heterocycles. The van der Waals surface area contributed by atoms with E-state index < -0.39 is 6.04 Å². The summed E-state index contributed by atoms with van der Waals surface area (Å²) < 4.78 is 15.1. The molecule has 3 aliphatic rings. The van der Waals surface area contributed by atoms with Crippen LogP contribution in [0.4, 0.5) is 10.1 Å². The Balaban J connectivity index is 1.31. The molecule has 2 aromatic carbocycles. The molecule has 1 amide bonds. The van der Waals surface area contributed by atoms with Gasteiger partial charge in [0.1, 0.15) is 17.6 Å². The first-order valence-corrected chi connectivity index (χ1v) is 13.3. The van der Waals surface area contributed by atoms with Gasteiger partial charge in [-0.1, -0.05) is 43.0 Å². The van der Waals surface area contributed by atoms with E-state index >= 15 is 0 Å². The van der Waals surface area contributed by atoms with Crippen LogP contribution in [0.15, 0.2) is 70.9 Å². The van der Waals surface area contributed by atoms with E-state index in [0.717, 1.165) is 34.6 Å². The lowest BCUT2D eigenvalue weighted by Gasteiger charge is -2.22. The largest absolute Gasteiger partial charge is 0.324 e. The van der Waals surface area contributed by atoms with Crippen LogP contribution < -0.4 is 10.6 Å². The maximum atomic E-state index is 13.5. The van der Waals surface area contributed by atoms with Crippen molar-refractivity contribution in [3.8, 4) is 11.5 Å². The molecule has 9 heteroatoms. The van der Waals surface area contributed by atoms with Crippen molar-refractivity contribution >= 4 is 29.6 Å². The summed E-state index contributed by atoms with van der Waals surface area (Å²) in [6, 6.07) is 16.2. The van der Waals surface area contributed by atoms with Gasteiger partial charge >= 0.3 is 0 Å². The van der Waals surface area contributed by atoms with E-state index in [9.17, 15) is 9.18 Å². The number of rotatable bonds is 10.